The molecule has 0 aliphatic carbocycles. The summed E-state index contributed by atoms with van der Waals surface area (Å²) in [6.07, 6.45) is 11.9. The predicted octanol–water partition coefficient (Wildman–Crippen LogP) is 7.27. The van der Waals surface area contributed by atoms with Gasteiger partial charge in [0.2, 0.25) is 0 Å². The van der Waals surface area contributed by atoms with Crippen molar-refractivity contribution in [3.63, 3.8) is 0 Å². The maximum absolute atomic E-state index is 5.65. The highest BCUT2D eigenvalue weighted by Crippen LogP contribution is 2.41. The van der Waals surface area contributed by atoms with Crippen LogP contribution in [0.25, 0.3) is 10.9 Å². The highest BCUT2D eigenvalue weighted by Gasteiger charge is 2.31. The molecule has 2 aromatic carbocycles. The molecule has 2 heterocycles. The Bertz CT molecular complexity index is 1030. The Kier molecular flexibility index (Phi) is 8.33. The van der Waals surface area contributed by atoms with E-state index >= 15 is 0 Å². The van der Waals surface area contributed by atoms with Crippen LogP contribution in [0, 0.1) is 0 Å². The van der Waals surface area contributed by atoms with Gasteiger partial charge in [-0.05, 0) is 48.7 Å². The number of aromatic nitrogens is 1. The van der Waals surface area contributed by atoms with Gasteiger partial charge in [0.15, 0.2) is 11.5 Å². The number of ether oxygens (including phenoxy) is 2. The van der Waals surface area contributed by atoms with E-state index in [0.29, 0.717) is 0 Å². The summed E-state index contributed by atoms with van der Waals surface area (Å²) in [7, 11) is 3.41. The van der Waals surface area contributed by atoms with Crippen LogP contribution in [0.5, 0.6) is 11.5 Å². The third kappa shape index (κ3) is 5.38. The summed E-state index contributed by atoms with van der Waals surface area (Å²) in [5.41, 5.74) is 5.31. The first kappa shape index (κ1) is 23.7. The summed E-state index contributed by atoms with van der Waals surface area (Å²) >= 11 is 0. The second kappa shape index (κ2) is 11.6. The maximum atomic E-state index is 5.65. The van der Waals surface area contributed by atoms with E-state index in [1.807, 2.05) is 6.07 Å². The average molecular weight is 449 g/mol. The van der Waals surface area contributed by atoms with Gasteiger partial charge in [-0.1, -0.05) is 76.1 Å². The molecule has 1 aromatic heterocycles. The van der Waals surface area contributed by atoms with Gasteiger partial charge in [0.25, 0.3) is 0 Å². The summed E-state index contributed by atoms with van der Waals surface area (Å²) < 4.78 is 11.2. The Labute approximate surface area is 199 Å². The van der Waals surface area contributed by atoms with E-state index in [1.54, 1.807) is 14.2 Å². The van der Waals surface area contributed by atoms with Gasteiger partial charge in [-0.3, -0.25) is 4.90 Å². The maximum Gasteiger partial charge on any atom is 0.161 e. The van der Waals surface area contributed by atoms with Crippen molar-refractivity contribution in [2.24, 2.45) is 0 Å². The van der Waals surface area contributed by atoms with Crippen LogP contribution in [-0.2, 0) is 6.42 Å². The zero-order valence-corrected chi connectivity index (χ0v) is 20.7. The third-order valence-corrected chi connectivity index (χ3v) is 7.16. The number of fused-ring (bicyclic) bond motifs is 3. The largest absolute Gasteiger partial charge is 0.493 e. The zero-order chi connectivity index (χ0) is 23.0. The quantitative estimate of drug-likeness (QED) is 0.296. The van der Waals surface area contributed by atoms with Crippen LogP contribution in [0.15, 0.2) is 42.5 Å². The number of hydrogen-bond donors (Lipinski definition) is 1. The number of aromatic amines is 1. The topological polar surface area (TPSA) is 37.5 Å². The number of methoxy groups -OCH3 is 2. The van der Waals surface area contributed by atoms with Gasteiger partial charge in [0, 0.05) is 23.1 Å². The number of hydrogen-bond acceptors (Lipinski definition) is 3. The molecular weight excluding hydrogens is 408 g/mol. The first-order valence-corrected chi connectivity index (χ1v) is 12.8. The molecule has 1 atom stereocenters. The van der Waals surface area contributed by atoms with Crippen LogP contribution in [0.2, 0.25) is 0 Å². The van der Waals surface area contributed by atoms with Gasteiger partial charge < -0.3 is 14.5 Å². The Hall–Kier alpha value is -2.46. The minimum atomic E-state index is 0.213. The molecule has 178 valence electrons. The summed E-state index contributed by atoms with van der Waals surface area (Å²) in [5.74, 6) is 1.58. The number of para-hydroxylation sites is 1. The predicted molar refractivity (Wildman–Crippen MR) is 138 cm³/mol. The third-order valence-electron chi connectivity index (χ3n) is 7.16. The number of H-pyrrole nitrogens is 1. The van der Waals surface area contributed by atoms with Crippen LogP contribution >= 0.6 is 0 Å². The van der Waals surface area contributed by atoms with Gasteiger partial charge in [0.1, 0.15) is 0 Å². The van der Waals surface area contributed by atoms with E-state index < -0.39 is 0 Å². The van der Waals surface area contributed by atoms with Gasteiger partial charge in [-0.25, -0.2) is 0 Å². The number of nitrogens with zero attached hydrogens (tertiary/aromatic N) is 1. The summed E-state index contributed by atoms with van der Waals surface area (Å²) in [4.78, 5) is 6.44. The Morgan fingerprint density at radius 2 is 1.61 bits per heavy atom. The van der Waals surface area contributed by atoms with Crippen molar-refractivity contribution in [3.8, 4) is 11.5 Å². The highest BCUT2D eigenvalue weighted by molar-refractivity contribution is 5.85. The van der Waals surface area contributed by atoms with Gasteiger partial charge in [0.05, 0.1) is 20.3 Å². The lowest BCUT2D eigenvalue weighted by atomic mass is 9.91. The number of nitrogens with one attached hydrogen (secondary N) is 1. The van der Waals surface area contributed by atoms with E-state index in [1.165, 1.54) is 79.1 Å². The Balaban J connectivity index is 1.54. The molecule has 0 bridgehead atoms. The van der Waals surface area contributed by atoms with Crippen LogP contribution < -0.4 is 9.47 Å². The summed E-state index contributed by atoms with van der Waals surface area (Å²) in [5, 5.41) is 1.37. The number of benzene rings is 2. The molecule has 0 saturated heterocycles. The molecule has 1 aliphatic rings. The van der Waals surface area contributed by atoms with E-state index in [9.17, 15) is 0 Å². The fourth-order valence-corrected chi connectivity index (χ4v) is 5.38. The molecule has 1 aliphatic heterocycles. The SMILES string of the molecule is CCCCCCCCCCN1CCc2c([nH]c3ccccc23)C1c1ccc(OC)c(OC)c1. The fourth-order valence-electron chi connectivity index (χ4n) is 5.38. The molecule has 3 aromatic rings. The molecule has 0 saturated carbocycles. The second-order valence-electron chi connectivity index (χ2n) is 9.34. The molecule has 0 radical (unpaired) electrons. The lowest BCUT2D eigenvalue weighted by molar-refractivity contribution is 0.205. The van der Waals surface area contributed by atoms with E-state index in [2.05, 4.69) is 53.2 Å². The molecule has 4 nitrogen and oxygen atoms in total. The van der Waals surface area contributed by atoms with E-state index in [4.69, 9.17) is 9.47 Å². The first-order chi connectivity index (χ1) is 16.3. The highest BCUT2D eigenvalue weighted by atomic mass is 16.5. The molecule has 1 unspecified atom stereocenters. The van der Waals surface area contributed by atoms with Crippen LogP contribution in [-0.4, -0.2) is 37.2 Å². The smallest absolute Gasteiger partial charge is 0.161 e. The van der Waals surface area contributed by atoms with Crippen LogP contribution in [0.4, 0.5) is 0 Å². The molecular formula is C29H40N2O2. The molecule has 33 heavy (non-hydrogen) atoms. The standard InChI is InChI=1S/C29H40N2O2/c1-4-5-6-7-8-9-10-13-19-31-20-18-24-23-14-11-12-15-25(23)30-28(24)29(31)22-16-17-26(32-2)27(21-22)33-3/h11-12,14-17,21,29-30H,4-10,13,18-20H2,1-3H3. The van der Waals surface area contributed by atoms with Crippen molar-refractivity contribution in [1.82, 2.24) is 9.88 Å². The zero-order valence-electron chi connectivity index (χ0n) is 20.7. The molecule has 0 spiro atoms. The monoisotopic (exact) mass is 448 g/mol. The molecule has 4 rings (SSSR count). The van der Waals surface area contributed by atoms with Crippen molar-refractivity contribution < 1.29 is 9.47 Å². The van der Waals surface area contributed by atoms with E-state index in [-0.39, 0.29) is 6.04 Å². The minimum Gasteiger partial charge on any atom is -0.493 e. The normalized spacial score (nSPS) is 16.2. The molecule has 0 fully saturated rings. The Morgan fingerprint density at radius 1 is 0.879 bits per heavy atom. The second-order valence-corrected chi connectivity index (χ2v) is 9.34. The number of rotatable bonds is 12. The van der Waals surface area contributed by atoms with Gasteiger partial charge >= 0.3 is 0 Å². The van der Waals surface area contributed by atoms with Crippen molar-refractivity contribution in [1.29, 1.82) is 0 Å². The minimum absolute atomic E-state index is 0.213. The van der Waals surface area contributed by atoms with Crippen molar-refractivity contribution in [3.05, 3.63) is 59.3 Å². The fraction of sp³-hybridized carbons (Fsp3) is 0.517. The average Bonchev–Trinajstić information content (AvgIpc) is 3.23. The first-order valence-electron chi connectivity index (χ1n) is 12.8. The van der Waals surface area contributed by atoms with Crippen molar-refractivity contribution in [2.75, 3.05) is 27.3 Å². The Morgan fingerprint density at radius 3 is 2.36 bits per heavy atom. The lowest BCUT2D eigenvalue weighted by Crippen LogP contribution is -2.36. The summed E-state index contributed by atoms with van der Waals surface area (Å²) in [6, 6.07) is 15.3. The van der Waals surface area contributed by atoms with E-state index in [0.717, 1.165) is 31.0 Å². The summed E-state index contributed by atoms with van der Waals surface area (Å²) in [6.45, 7) is 4.50. The van der Waals surface area contributed by atoms with Gasteiger partial charge in [-0.2, -0.15) is 0 Å². The molecule has 4 heteroatoms. The molecule has 1 N–H and O–H groups in total. The number of unbranched alkanes of at least 4 members (excludes halogenated alkanes) is 7. The lowest BCUT2D eigenvalue weighted by Gasteiger charge is -2.36. The molecule has 0 amide bonds. The van der Waals surface area contributed by atoms with Crippen molar-refractivity contribution >= 4 is 10.9 Å². The van der Waals surface area contributed by atoms with Crippen LogP contribution in [0.3, 0.4) is 0 Å². The van der Waals surface area contributed by atoms with Crippen LogP contribution in [0.1, 0.15) is 81.2 Å². The van der Waals surface area contributed by atoms with Crippen molar-refractivity contribution in [2.45, 2.75) is 70.8 Å². The van der Waals surface area contributed by atoms with Gasteiger partial charge in [-0.15, -0.1) is 0 Å².